The van der Waals surface area contributed by atoms with Gasteiger partial charge in [-0.3, -0.25) is 4.79 Å². The van der Waals surface area contributed by atoms with Gasteiger partial charge in [0.2, 0.25) is 5.91 Å². The zero-order valence-electron chi connectivity index (χ0n) is 7.86. The van der Waals surface area contributed by atoms with E-state index in [2.05, 4.69) is 15.3 Å². The number of H-pyrrole nitrogens is 1. The summed E-state index contributed by atoms with van der Waals surface area (Å²) in [6, 6.07) is -0.565. The quantitative estimate of drug-likeness (QED) is 0.453. The molecule has 1 aromatic rings. The molecule has 6 N–H and O–H groups in total. The minimum absolute atomic E-state index is 0.196. The van der Waals surface area contributed by atoms with Gasteiger partial charge in [-0.25, -0.2) is 4.98 Å². The molecule has 0 radical (unpaired) electrons. The van der Waals surface area contributed by atoms with Crippen LogP contribution in [0.2, 0.25) is 0 Å². The van der Waals surface area contributed by atoms with Gasteiger partial charge in [-0.1, -0.05) is 0 Å². The van der Waals surface area contributed by atoms with Crippen molar-refractivity contribution in [3.05, 3.63) is 18.2 Å². The fraction of sp³-hybridized carbons (Fsp3) is 0.500. The van der Waals surface area contributed by atoms with E-state index in [0.29, 0.717) is 19.5 Å². The van der Waals surface area contributed by atoms with Crippen LogP contribution >= 0.6 is 0 Å². The van der Waals surface area contributed by atoms with E-state index in [1.165, 1.54) is 0 Å². The first-order chi connectivity index (χ1) is 6.74. The Hall–Kier alpha value is -1.40. The predicted octanol–water partition coefficient (Wildman–Crippen LogP) is -1.65. The molecule has 6 heteroatoms. The van der Waals surface area contributed by atoms with Crippen LogP contribution in [0, 0.1) is 0 Å². The number of hydrogen-bond donors (Lipinski definition) is 4. The number of carbonyl (C=O) groups excluding carboxylic acids is 1. The molecule has 0 aromatic carbocycles. The number of aromatic amines is 1. The first-order valence-corrected chi connectivity index (χ1v) is 4.45. The third-order valence-corrected chi connectivity index (χ3v) is 1.76. The molecular weight excluding hydrogens is 182 g/mol. The van der Waals surface area contributed by atoms with E-state index in [1.807, 2.05) is 0 Å². The van der Waals surface area contributed by atoms with Gasteiger partial charge in [0.05, 0.1) is 18.1 Å². The molecule has 0 unspecified atom stereocenters. The fourth-order valence-corrected chi connectivity index (χ4v) is 1.05. The molecule has 0 bridgehead atoms. The van der Waals surface area contributed by atoms with Gasteiger partial charge in [0, 0.05) is 25.7 Å². The Morgan fingerprint density at radius 3 is 3.07 bits per heavy atom. The maximum Gasteiger partial charge on any atom is 0.237 e. The van der Waals surface area contributed by atoms with Crippen molar-refractivity contribution < 1.29 is 4.79 Å². The lowest BCUT2D eigenvalue weighted by molar-refractivity contribution is -0.122. The summed E-state index contributed by atoms with van der Waals surface area (Å²) in [5.74, 6) is -0.196. The summed E-state index contributed by atoms with van der Waals surface area (Å²) < 4.78 is 0. The Labute approximate surface area is 82.1 Å². The van der Waals surface area contributed by atoms with E-state index in [1.54, 1.807) is 12.5 Å². The third-order valence-electron chi connectivity index (χ3n) is 1.76. The van der Waals surface area contributed by atoms with Crippen LogP contribution in [0.5, 0.6) is 0 Å². The summed E-state index contributed by atoms with van der Waals surface area (Å²) in [6.07, 6.45) is 3.70. The maximum atomic E-state index is 11.3. The average molecular weight is 197 g/mol. The van der Waals surface area contributed by atoms with Crippen LogP contribution in [-0.4, -0.2) is 35.0 Å². The molecule has 0 saturated carbocycles. The SMILES string of the molecule is NCCNC(=O)[C@@H](N)Cc1c[nH]cn1. The number of aromatic nitrogens is 2. The molecule has 0 aliphatic carbocycles. The van der Waals surface area contributed by atoms with E-state index >= 15 is 0 Å². The van der Waals surface area contributed by atoms with Crippen LogP contribution < -0.4 is 16.8 Å². The molecule has 1 rings (SSSR count). The van der Waals surface area contributed by atoms with Gasteiger partial charge < -0.3 is 21.8 Å². The maximum absolute atomic E-state index is 11.3. The molecule has 1 aromatic heterocycles. The first-order valence-electron chi connectivity index (χ1n) is 4.45. The molecule has 0 aliphatic rings. The van der Waals surface area contributed by atoms with Crippen molar-refractivity contribution in [3.63, 3.8) is 0 Å². The Kier molecular flexibility index (Phi) is 4.09. The topological polar surface area (TPSA) is 110 Å². The van der Waals surface area contributed by atoms with E-state index in [9.17, 15) is 4.79 Å². The standard InChI is InChI=1S/C8H15N5O/c9-1-2-12-8(14)7(10)3-6-4-11-5-13-6/h4-5,7H,1-3,9-10H2,(H,11,13)(H,12,14)/t7-/m0/s1. The molecule has 0 spiro atoms. The van der Waals surface area contributed by atoms with Crippen molar-refractivity contribution in [2.24, 2.45) is 11.5 Å². The van der Waals surface area contributed by atoms with Crippen LogP contribution in [0.4, 0.5) is 0 Å². The molecule has 1 atom stereocenters. The van der Waals surface area contributed by atoms with Crippen LogP contribution in [0.25, 0.3) is 0 Å². The molecule has 14 heavy (non-hydrogen) atoms. The van der Waals surface area contributed by atoms with Gasteiger partial charge in [0.15, 0.2) is 0 Å². The number of imidazole rings is 1. The Balaban J connectivity index is 2.34. The number of amides is 1. The molecule has 1 amide bonds. The summed E-state index contributed by atoms with van der Waals surface area (Å²) in [5.41, 5.74) is 11.7. The lowest BCUT2D eigenvalue weighted by Crippen LogP contribution is -2.43. The van der Waals surface area contributed by atoms with Gasteiger partial charge in [-0.15, -0.1) is 0 Å². The number of hydrogen-bond acceptors (Lipinski definition) is 4. The largest absolute Gasteiger partial charge is 0.353 e. The van der Waals surface area contributed by atoms with Crippen molar-refractivity contribution >= 4 is 5.91 Å². The lowest BCUT2D eigenvalue weighted by atomic mass is 10.1. The summed E-state index contributed by atoms with van der Waals surface area (Å²) >= 11 is 0. The Morgan fingerprint density at radius 2 is 2.50 bits per heavy atom. The van der Waals surface area contributed by atoms with Crippen molar-refractivity contribution in [3.8, 4) is 0 Å². The predicted molar refractivity (Wildman–Crippen MR) is 52.3 cm³/mol. The molecular formula is C8H15N5O. The van der Waals surface area contributed by atoms with Gasteiger partial charge in [0.1, 0.15) is 0 Å². The Morgan fingerprint density at radius 1 is 1.71 bits per heavy atom. The van der Waals surface area contributed by atoms with Crippen molar-refractivity contribution in [2.45, 2.75) is 12.5 Å². The highest BCUT2D eigenvalue weighted by atomic mass is 16.2. The van der Waals surface area contributed by atoms with Crippen molar-refractivity contribution in [1.82, 2.24) is 15.3 Å². The minimum atomic E-state index is -0.565. The zero-order valence-corrected chi connectivity index (χ0v) is 7.86. The molecule has 1 heterocycles. The smallest absolute Gasteiger partial charge is 0.237 e. The second kappa shape index (κ2) is 5.36. The second-order valence-corrected chi connectivity index (χ2v) is 2.95. The zero-order chi connectivity index (χ0) is 10.4. The van der Waals surface area contributed by atoms with Gasteiger partial charge in [-0.2, -0.15) is 0 Å². The highest BCUT2D eigenvalue weighted by molar-refractivity contribution is 5.81. The van der Waals surface area contributed by atoms with Gasteiger partial charge in [-0.05, 0) is 0 Å². The summed E-state index contributed by atoms with van der Waals surface area (Å²) in [7, 11) is 0. The average Bonchev–Trinajstić information content (AvgIpc) is 2.66. The van der Waals surface area contributed by atoms with Crippen LogP contribution in [-0.2, 0) is 11.2 Å². The summed E-state index contributed by atoms with van der Waals surface area (Å²) in [4.78, 5) is 18.1. The summed E-state index contributed by atoms with van der Waals surface area (Å²) in [5, 5.41) is 2.62. The monoisotopic (exact) mass is 197 g/mol. The van der Waals surface area contributed by atoms with E-state index < -0.39 is 6.04 Å². The number of nitrogens with two attached hydrogens (primary N) is 2. The number of carbonyl (C=O) groups is 1. The number of nitrogens with one attached hydrogen (secondary N) is 2. The number of nitrogens with zero attached hydrogens (tertiary/aromatic N) is 1. The van der Waals surface area contributed by atoms with Gasteiger partial charge in [0.25, 0.3) is 0 Å². The van der Waals surface area contributed by atoms with Crippen LogP contribution in [0.15, 0.2) is 12.5 Å². The van der Waals surface area contributed by atoms with Crippen LogP contribution in [0.3, 0.4) is 0 Å². The van der Waals surface area contributed by atoms with E-state index in [4.69, 9.17) is 11.5 Å². The highest BCUT2D eigenvalue weighted by Crippen LogP contribution is 1.95. The number of rotatable bonds is 5. The fourth-order valence-electron chi connectivity index (χ4n) is 1.05. The third kappa shape index (κ3) is 3.15. The molecule has 0 saturated heterocycles. The normalized spacial score (nSPS) is 12.4. The molecule has 78 valence electrons. The molecule has 6 nitrogen and oxygen atoms in total. The first kappa shape index (κ1) is 10.7. The highest BCUT2D eigenvalue weighted by Gasteiger charge is 2.13. The lowest BCUT2D eigenvalue weighted by Gasteiger charge is -2.09. The van der Waals surface area contributed by atoms with Crippen LogP contribution in [0.1, 0.15) is 5.69 Å². The Bertz CT molecular complexity index is 271. The van der Waals surface area contributed by atoms with Gasteiger partial charge >= 0.3 is 0 Å². The minimum Gasteiger partial charge on any atom is -0.353 e. The molecule has 0 aliphatic heterocycles. The van der Waals surface area contributed by atoms with Crippen molar-refractivity contribution in [2.75, 3.05) is 13.1 Å². The van der Waals surface area contributed by atoms with E-state index in [-0.39, 0.29) is 5.91 Å². The molecule has 0 fully saturated rings. The second-order valence-electron chi connectivity index (χ2n) is 2.95. The van der Waals surface area contributed by atoms with Crippen molar-refractivity contribution in [1.29, 1.82) is 0 Å². The van der Waals surface area contributed by atoms with E-state index in [0.717, 1.165) is 5.69 Å². The summed E-state index contributed by atoms with van der Waals surface area (Å²) in [6.45, 7) is 0.869.